The summed E-state index contributed by atoms with van der Waals surface area (Å²) in [5, 5.41) is 0. The molecule has 1 heterocycles. The molecule has 1 saturated carbocycles. The molecular formula is C12H15NO3. The van der Waals surface area contributed by atoms with Gasteiger partial charge in [-0.05, 0) is 12.8 Å². The summed E-state index contributed by atoms with van der Waals surface area (Å²) in [6, 6.07) is 4.05. The van der Waals surface area contributed by atoms with Gasteiger partial charge < -0.3 is 19.9 Å². The molecule has 0 saturated heterocycles. The summed E-state index contributed by atoms with van der Waals surface area (Å²) in [5.41, 5.74) is 8.09. The van der Waals surface area contributed by atoms with Crippen LogP contribution < -0.4 is 15.2 Å². The maximum atomic E-state index is 6.20. The van der Waals surface area contributed by atoms with Gasteiger partial charge >= 0.3 is 0 Å². The third kappa shape index (κ3) is 1.37. The van der Waals surface area contributed by atoms with Crippen LogP contribution in [0.5, 0.6) is 11.5 Å². The van der Waals surface area contributed by atoms with E-state index in [0.29, 0.717) is 6.61 Å². The molecule has 0 aromatic heterocycles. The van der Waals surface area contributed by atoms with Crippen molar-refractivity contribution in [3.8, 4) is 11.5 Å². The Morgan fingerprint density at radius 3 is 2.75 bits per heavy atom. The summed E-state index contributed by atoms with van der Waals surface area (Å²) < 4.78 is 16.1. The van der Waals surface area contributed by atoms with Gasteiger partial charge in [0.25, 0.3) is 0 Å². The van der Waals surface area contributed by atoms with Gasteiger partial charge in [0, 0.05) is 23.8 Å². The molecule has 0 amide bonds. The van der Waals surface area contributed by atoms with E-state index in [1.165, 1.54) is 0 Å². The van der Waals surface area contributed by atoms with Crippen LogP contribution in [0.2, 0.25) is 0 Å². The summed E-state index contributed by atoms with van der Waals surface area (Å²) >= 11 is 0. The van der Waals surface area contributed by atoms with E-state index in [4.69, 9.17) is 19.9 Å². The zero-order chi connectivity index (χ0) is 11.2. The van der Waals surface area contributed by atoms with E-state index in [9.17, 15) is 0 Å². The van der Waals surface area contributed by atoms with Crippen molar-refractivity contribution < 1.29 is 14.2 Å². The van der Waals surface area contributed by atoms with Crippen LogP contribution in [0.4, 0.5) is 0 Å². The first-order chi connectivity index (χ1) is 7.74. The van der Waals surface area contributed by atoms with Gasteiger partial charge in [-0.2, -0.15) is 0 Å². The molecule has 3 rings (SSSR count). The lowest BCUT2D eigenvalue weighted by molar-refractivity contribution is 0.162. The third-order valence-electron chi connectivity index (χ3n) is 3.23. The lowest BCUT2D eigenvalue weighted by Gasteiger charge is -2.14. The fourth-order valence-electron chi connectivity index (χ4n) is 2.12. The molecule has 16 heavy (non-hydrogen) atoms. The number of hydrogen-bond acceptors (Lipinski definition) is 4. The van der Waals surface area contributed by atoms with E-state index in [1.54, 1.807) is 7.11 Å². The molecular weight excluding hydrogens is 206 g/mol. The van der Waals surface area contributed by atoms with Crippen LogP contribution in [0.1, 0.15) is 24.0 Å². The van der Waals surface area contributed by atoms with Crippen LogP contribution in [-0.4, -0.2) is 13.9 Å². The zero-order valence-electron chi connectivity index (χ0n) is 9.29. The van der Waals surface area contributed by atoms with Crippen molar-refractivity contribution in [2.24, 2.45) is 5.73 Å². The van der Waals surface area contributed by atoms with E-state index >= 15 is 0 Å². The fourth-order valence-corrected chi connectivity index (χ4v) is 2.12. The number of hydrogen-bond donors (Lipinski definition) is 1. The zero-order valence-corrected chi connectivity index (χ0v) is 9.29. The molecule has 0 unspecified atom stereocenters. The first-order valence-electron chi connectivity index (χ1n) is 5.44. The van der Waals surface area contributed by atoms with Gasteiger partial charge in [-0.25, -0.2) is 0 Å². The number of ether oxygens (including phenoxy) is 3. The van der Waals surface area contributed by atoms with Gasteiger partial charge in [-0.15, -0.1) is 0 Å². The molecule has 1 aromatic carbocycles. The molecule has 1 fully saturated rings. The predicted molar refractivity (Wildman–Crippen MR) is 58.4 cm³/mol. The van der Waals surface area contributed by atoms with E-state index in [2.05, 4.69) is 0 Å². The van der Waals surface area contributed by atoms with Gasteiger partial charge in [0.05, 0.1) is 6.61 Å². The van der Waals surface area contributed by atoms with Gasteiger partial charge in [-0.3, -0.25) is 0 Å². The molecule has 0 atom stereocenters. The van der Waals surface area contributed by atoms with E-state index in [-0.39, 0.29) is 12.3 Å². The van der Waals surface area contributed by atoms with Gasteiger partial charge in [0.1, 0.15) is 0 Å². The largest absolute Gasteiger partial charge is 0.453 e. The fraction of sp³-hybridized carbons (Fsp3) is 0.500. The molecule has 1 aliphatic carbocycles. The summed E-state index contributed by atoms with van der Waals surface area (Å²) in [6.45, 7) is 0.808. The predicted octanol–water partition coefficient (Wildman–Crippen LogP) is 1.51. The first-order valence-corrected chi connectivity index (χ1v) is 5.44. The lowest BCUT2D eigenvalue weighted by Crippen LogP contribution is -2.19. The summed E-state index contributed by atoms with van der Waals surface area (Å²) in [7, 11) is 1.67. The molecule has 1 aromatic rings. The van der Waals surface area contributed by atoms with Crippen LogP contribution in [0, 0.1) is 0 Å². The Hall–Kier alpha value is -1.26. The van der Waals surface area contributed by atoms with Crippen molar-refractivity contribution in [1.82, 2.24) is 0 Å². The van der Waals surface area contributed by atoms with E-state index in [0.717, 1.165) is 35.5 Å². The van der Waals surface area contributed by atoms with Crippen molar-refractivity contribution in [3.05, 3.63) is 23.3 Å². The standard InChI is InChI=1S/C12H15NO3/c1-14-6-8-2-3-9(12(13)4-5-12)11-10(8)15-7-16-11/h2-3H,4-7,13H2,1H3. The molecule has 0 radical (unpaired) electrons. The lowest BCUT2D eigenvalue weighted by atomic mass is 10.0. The number of nitrogens with two attached hydrogens (primary N) is 1. The molecule has 4 heteroatoms. The Morgan fingerprint density at radius 2 is 2.06 bits per heavy atom. The molecule has 0 spiro atoms. The number of methoxy groups -OCH3 is 1. The molecule has 2 N–H and O–H groups in total. The Bertz CT molecular complexity index is 427. The average Bonchev–Trinajstić information content (AvgIpc) is 2.84. The smallest absolute Gasteiger partial charge is 0.231 e. The Labute approximate surface area is 94.3 Å². The highest BCUT2D eigenvalue weighted by Gasteiger charge is 2.44. The highest BCUT2D eigenvalue weighted by atomic mass is 16.7. The van der Waals surface area contributed by atoms with E-state index in [1.807, 2.05) is 12.1 Å². The minimum absolute atomic E-state index is 0.191. The van der Waals surface area contributed by atoms with E-state index < -0.39 is 0 Å². The van der Waals surface area contributed by atoms with Gasteiger partial charge in [0.2, 0.25) is 6.79 Å². The quantitative estimate of drug-likeness (QED) is 0.840. The Morgan fingerprint density at radius 1 is 1.31 bits per heavy atom. The molecule has 0 bridgehead atoms. The SMILES string of the molecule is COCc1ccc(C2(N)CC2)c2c1OCO2. The average molecular weight is 221 g/mol. The maximum Gasteiger partial charge on any atom is 0.231 e. The van der Waals surface area contributed by atoms with Crippen LogP contribution in [0.15, 0.2) is 12.1 Å². The van der Waals surface area contributed by atoms with Crippen molar-refractivity contribution in [3.63, 3.8) is 0 Å². The van der Waals surface area contributed by atoms with Crippen molar-refractivity contribution in [2.75, 3.05) is 13.9 Å². The van der Waals surface area contributed by atoms with Crippen molar-refractivity contribution in [1.29, 1.82) is 0 Å². The van der Waals surface area contributed by atoms with Crippen LogP contribution in [0.25, 0.3) is 0 Å². The van der Waals surface area contributed by atoms with Crippen LogP contribution in [-0.2, 0) is 16.9 Å². The van der Waals surface area contributed by atoms with Crippen molar-refractivity contribution >= 4 is 0 Å². The van der Waals surface area contributed by atoms with Crippen molar-refractivity contribution in [2.45, 2.75) is 25.0 Å². The van der Waals surface area contributed by atoms with Gasteiger partial charge in [0.15, 0.2) is 11.5 Å². The second kappa shape index (κ2) is 3.37. The number of fused-ring (bicyclic) bond motifs is 1. The minimum atomic E-state index is -0.191. The Kier molecular flexibility index (Phi) is 2.09. The normalized spacial score (nSPS) is 19.9. The minimum Gasteiger partial charge on any atom is -0.453 e. The molecule has 2 aliphatic rings. The summed E-state index contributed by atoms with van der Waals surface area (Å²) in [5.74, 6) is 1.62. The number of rotatable bonds is 3. The topological polar surface area (TPSA) is 53.7 Å². The highest BCUT2D eigenvalue weighted by molar-refractivity contribution is 5.56. The maximum absolute atomic E-state index is 6.20. The monoisotopic (exact) mass is 221 g/mol. The van der Waals surface area contributed by atoms with Crippen LogP contribution >= 0.6 is 0 Å². The summed E-state index contributed by atoms with van der Waals surface area (Å²) in [6.07, 6.45) is 2.04. The second-order valence-corrected chi connectivity index (χ2v) is 4.43. The van der Waals surface area contributed by atoms with Crippen LogP contribution in [0.3, 0.4) is 0 Å². The molecule has 1 aliphatic heterocycles. The second-order valence-electron chi connectivity index (χ2n) is 4.43. The third-order valence-corrected chi connectivity index (χ3v) is 3.23. The van der Waals surface area contributed by atoms with Gasteiger partial charge in [-0.1, -0.05) is 12.1 Å². The Balaban J connectivity index is 2.06. The number of benzene rings is 1. The first kappa shape index (κ1) is 9.93. The highest BCUT2D eigenvalue weighted by Crippen LogP contribution is 2.51. The molecule has 4 nitrogen and oxygen atoms in total. The molecule has 86 valence electrons. The summed E-state index contributed by atoms with van der Waals surface area (Å²) in [4.78, 5) is 0.